The second-order valence-electron chi connectivity index (χ2n) is 8.81. The van der Waals surface area contributed by atoms with Crippen LogP contribution in [0.5, 0.6) is 0 Å². The summed E-state index contributed by atoms with van der Waals surface area (Å²) in [5.74, 6) is 3.75. The lowest BCUT2D eigenvalue weighted by atomic mass is 9.84. The van der Waals surface area contributed by atoms with Crippen LogP contribution in [0.15, 0.2) is 53.0 Å². The van der Waals surface area contributed by atoms with E-state index in [-0.39, 0.29) is 5.91 Å². The number of carbonyl (C=O) groups is 1. The number of anilines is 1. The molecule has 3 aromatic rings. The summed E-state index contributed by atoms with van der Waals surface area (Å²) in [5.41, 5.74) is 0.907. The van der Waals surface area contributed by atoms with Crippen molar-refractivity contribution in [3.05, 3.63) is 47.8 Å². The summed E-state index contributed by atoms with van der Waals surface area (Å²) >= 11 is 3.20. The van der Waals surface area contributed by atoms with Crippen LogP contribution in [-0.4, -0.2) is 33.5 Å². The van der Waals surface area contributed by atoms with Crippen molar-refractivity contribution in [2.75, 3.05) is 17.7 Å². The van der Waals surface area contributed by atoms with Gasteiger partial charge in [0, 0.05) is 18.8 Å². The number of benzene rings is 1. The van der Waals surface area contributed by atoms with Crippen LogP contribution in [-0.2, 0) is 4.79 Å². The Labute approximate surface area is 191 Å². The number of aromatic nitrogens is 3. The normalized spacial score (nSPS) is 23.2. The Morgan fingerprint density at radius 3 is 2.71 bits per heavy atom. The number of rotatable bonds is 7. The monoisotopic (exact) mass is 452 g/mol. The first-order chi connectivity index (χ1) is 15.1. The molecule has 1 aromatic carbocycles. The number of hydrogen-bond donors (Lipinski definition) is 0. The smallest absolute Gasteiger partial charge is 0.237 e. The highest BCUT2D eigenvalue weighted by Gasteiger charge is 2.43. The summed E-state index contributed by atoms with van der Waals surface area (Å²) in [6.45, 7) is 2.33. The lowest BCUT2D eigenvalue weighted by Crippen LogP contribution is -2.28. The minimum atomic E-state index is 0.0657. The lowest BCUT2D eigenvalue weighted by molar-refractivity contribution is -0.115. The van der Waals surface area contributed by atoms with Gasteiger partial charge in [0.25, 0.3) is 0 Å². The maximum absolute atomic E-state index is 12.8. The molecule has 0 N–H and O–H groups in total. The Bertz CT molecular complexity index is 1030. The van der Waals surface area contributed by atoms with Gasteiger partial charge in [0.05, 0.1) is 10.6 Å². The first-order valence-electron chi connectivity index (χ1n) is 11.0. The van der Waals surface area contributed by atoms with Crippen molar-refractivity contribution in [3.8, 4) is 10.7 Å². The molecular formula is C24H28N4OS2. The zero-order valence-corrected chi connectivity index (χ0v) is 19.6. The predicted molar refractivity (Wildman–Crippen MR) is 128 cm³/mol. The average Bonchev–Trinajstić information content (AvgIpc) is 3.60. The third-order valence-electron chi connectivity index (χ3n) is 7.07. The summed E-state index contributed by atoms with van der Waals surface area (Å²) in [6.07, 6.45) is 5.46. The Balaban J connectivity index is 1.38. The maximum Gasteiger partial charge on any atom is 0.237 e. The minimum Gasteiger partial charge on any atom is -0.315 e. The summed E-state index contributed by atoms with van der Waals surface area (Å²) in [4.78, 5) is 15.7. The van der Waals surface area contributed by atoms with Gasteiger partial charge in [-0.1, -0.05) is 42.4 Å². The number of amides is 1. The molecule has 2 bridgehead atoms. The van der Waals surface area contributed by atoms with E-state index >= 15 is 0 Å². The second kappa shape index (κ2) is 8.79. The number of thioether (sulfide) groups is 1. The van der Waals surface area contributed by atoms with Crippen LogP contribution in [0.1, 0.15) is 38.6 Å². The van der Waals surface area contributed by atoms with Crippen LogP contribution in [0.3, 0.4) is 0 Å². The van der Waals surface area contributed by atoms with E-state index in [1.807, 2.05) is 37.4 Å². The van der Waals surface area contributed by atoms with Gasteiger partial charge in [0.15, 0.2) is 11.0 Å². The van der Waals surface area contributed by atoms with E-state index in [4.69, 9.17) is 0 Å². The van der Waals surface area contributed by atoms with Gasteiger partial charge in [0.1, 0.15) is 0 Å². The van der Waals surface area contributed by atoms with Crippen LogP contribution in [0.2, 0.25) is 0 Å². The van der Waals surface area contributed by atoms with Crippen molar-refractivity contribution in [2.45, 2.75) is 43.8 Å². The number of hydrogen-bond acceptors (Lipinski definition) is 5. The largest absolute Gasteiger partial charge is 0.315 e. The Hall–Kier alpha value is -2.12. The van der Waals surface area contributed by atoms with E-state index in [2.05, 4.69) is 39.2 Å². The van der Waals surface area contributed by atoms with Gasteiger partial charge in [-0.25, -0.2) is 0 Å². The van der Waals surface area contributed by atoms with E-state index in [0.29, 0.717) is 17.7 Å². The van der Waals surface area contributed by atoms with Crippen molar-refractivity contribution in [1.29, 1.82) is 0 Å². The Morgan fingerprint density at radius 1 is 1.19 bits per heavy atom. The average molecular weight is 453 g/mol. The summed E-state index contributed by atoms with van der Waals surface area (Å²) < 4.78 is 2.32. The Kier molecular flexibility index (Phi) is 5.89. The molecule has 4 unspecified atom stereocenters. The van der Waals surface area contributed by atoms with Crippen LogP contribution < -0.4 is 4.90 Å². The van der Waals surface area contributed by atoms with E-state index in [1.165, 1.54) is 37.4 Å². The van der Waals surface area contributed by atoms with E-state index in [9.17, 15) is 4.79 Å². The highest BCUT2D eigenvalue weighted by atomic mass is 32.2. The van der Waals surface area contributed by atoms with E-state index < -0.39 is 0 Å². The molecule has 2 fully saturated rings. The van der Waals surface area contributed by atoms with Gasteiger partial charge in [-0.15, -0.1) is 21.5 Å². The second-order valence-corrected chi connectivity index (χ2v) is 10.7. The SMILES string of the molecule is CC(C1CC2CCC1C2)n1c(SCC(=O)N(C)c2ccccc2)nnc1-c1cccs1. The summed E-state index contributed by atoms with van der Waals surface area (Å²) in [7, 11) is 1.83. The number of para-hydroxylation sites is 1. The van der Waals surface area contributed by atoms with Gasteiger partial charge in [-0.2, -0.15) is 0 Å². The molecular weight excluding hydrogens is 424 g/mol. The summed E-state index contributed by atoms with van der Waals surface area (Å²) in [5, 5.41) is 12.1. The highest BCUT2D eigenvalue weighted by molar-refractivity contribution is 7.99. The molecule has 162 valence electrons. The molecule has 7 heteroatoms. The van der Waals surface area contributed by atoms with Gasteiger partial charge in [0.2, 0.25) is 5.91 Å². The maximum atomic E-state index is 12.8. The fraction of sp³-hybridized carbons (Fsp3) is 0.458. The number of carbonyl (C=O) groups excluding carboxylic acids is 1. The van der Waals surface area contributed by atoms with E-state index in [1.54, 1.807) is 16.2 Å². The molecule has 2 aliphatic rings. The van der Waals surface area contributed by atoms with Crippen molar-refractivity contribution >= 4 is 34.7 Å². The van der Waals surface area contributed by atoms with Crippen molar-refractivity contribution in [1.82, 2.24) is 14.8 Å². The lowest BCUT2D eigenvalue weighted by Gasteiger charge is -2.30. The number of fused-ring (bicyclic) bond motifs is 2. The van der Waals surface area contributed by atoms with Gasteiger partial charge < -0.3 is 4.90 Å². The number of nitrogens with zero attached hydrogens (tertiary/aromatic N) is 4. The molecule has 0 saturated heterocycles. The highest BCUT2D eigenvalue weighted by Crippen LogP contribution is 2.53. The molecule has 2 aliphatic carbocycles. The van der Waals surface area contributed by atoms with Gasteiger partial charge >= 0.3 is 0 Å². The molecule has 31 heavy (non-hydrogen) atoms. The molecule has 0 aliphatic heterocycles. The number of thiophene rings is 1. The van der Waals surface area contributed by atoms with Gasteiger partial charge in [-0.3, -0.25) is 9.36 Å². The molecule has 2 saturated carbocycles. The van der Waals surface area contributed by atoms with Gasteiger partial charge in [-0.05, 0) is 67.5 Å². The third-order valence-corrected chi connectivity index (χ3v) is 8.86. The first-order valence-corrected chi connectivity index (χ1v) is 12.9. The molecule has 0 radical (unpaired) electrons. The van der Waals surface area contributed by atoms with Crippen molar-refractivity contribution in [2.24, 2.45) is 17.8 Å². The summed E-state index contributed by atoms with van der Waals surface area (Å²) in [6, 6.07) is 14.3. The zero-order chi connectivity index (χ0) is 21.4. The van der Waals surface area contributed by atoms with Crippen LogP contribution in [0.25, 0.3) is 10.7 Å². The topological polar surface area (TPSA) is 51.0 Å². The molecule has 5 rings (SSSR count). The van der Waals surface area contributed by atoms with Crippen molar-refractivity contribution in [3.63, 3.8) is 0 Å². The fourth-order valence-corrected chi connectivity index (χ4v) is 7.05. The Morgan fingerprint density at radius 2 is 2.03 bits per heavy atom. The van der Waals surface area contributed by atoms with E-state index in [0.717, 1.165) is 33.4 Å². The standard InChI is InChI=1S/C24H28N4OS2/c1-16(20-14-17-10-11-18(20)13-17)28-23(21-9-6-12-30-21)25-26-24(28)31-15-22(29)27(2)19-7-4-3-5-8-19/h3-9,12,16-18,20H,10-11,13-15H2,1-2H3. The fourth-order valence-electron chi connectivity index (χ4n) is 5.41. The quantitative estimate of drug-likeness (QED) is 0.428. The van der Waals surface area contributed by atoms with Crippen molar-refractivity contribution < 1.29 is 4.79 Å². The van der Waals surface area contributed by atoms with Crippen LogP contribution in [0, 0.1) is 17.8 Å². The molecule has 1 amide bonds. The molecule has 4 atom stereocenters. The van der Waals surface area contributed by atoms with Crippen LogP contribution in [0.4, 0.5) is 5.69 Å². The zero-order valence-electron chi connectivity index (χ0n) is 18.0. The first kappa shape index (κ1) is 20.8. The predicted octanol–water partition coefficient (Wildman–Crippen LogP) is 5.76. The molecule has 5 nitrogen and oxygen atoms in total. The van der Waals surface area contributed by atoms with Crippen LogP contribution >= 0.6 is 23.1 Å². The molecule has 2 aromatic heterocycles. The minimum absolute atomic E-state index is 0.0657. The molecule has 0 spiro atoms. The third kappa shape index (κ3) is 4.05. The molecule has 2 heterocycles.